The van der Waals surface area contributed by atoms with Crippen LogP contribution in [0.25, 0.3) is 11.0 Å². The zero-order chi connectivity index (χ0) is 14.9. The van der Waals surface area contributed by atoms with Crippen LogP contribution in [0.5, 0.6) is 0 Å². The van der Waals surface area contributed by atoms with Crippen molar-refractivity contribution in [2.24, 2.45) is 13.0 Å². The van der Waals surface area contributed by atoms with Crippen molar-refractivity contribution in [1.29, 1.82) is 0 Å². The number of aryl methyl sites for hydroxylation is 1. The van der Waals surface area contributed by atoms with E-state index in [-0.39, 0.29) is 11.6 Å². The second-order valence-corrected chi connectivity index (χ2v) is 5.18. The van der Waals surface area contributed by atoms with E-state index in [0.717, 1.165) is 11.8 Å². The number of pyridine rings is 1. The third-order valence-corrected chi connectivity index (χ3v) is 3.86. The standard InChI is InChI=1S/C14H20N4O2/c1-5-8(2)9(3)17-12-10-7-16-18(4)13(10)15-6-11(12)14(19)20/h6-9H,5H2,1-4H3,(H,15,17)(H,19,20). The van der Waals surface area contributed by atoms with Crippen LogP contribution in [0.3, 0.4) is 0 Å². The fraction of sp³-hybridized carbons (Fsp3) is 0.500. The lowest BCUT2D eigenvalue weighted by Crippen LogP contribution is -2.24. The molecule has 0 bridgehead atoms. The number of rotatable bonds is 5. The lowest BCUT2D eigenvalue weighted by Gasteiger charge is -2.22. The molecule has 0 aliphatic carbocycles. The quantitative estimate of drug-likeness (QED) is 0.877. The number of anilines is 1. The summed E-state index contributed by atoms with van der Waals surface area (Å²) in [6, 6.07) is 0.170. The number of hydrogen-bond donors (Lipinski definition) is 2. The molecule has 6 heteroatoms. The van der Waals surface area contributed by atoms with Gasteiger partial charge in [0.25, 0.3) is 0 Å². The Kier molecular flexibility index (Phi) is 3.92. The van der Waals surface area contributed by atoms with Crippen LogP contribution in [-0.2, 0) is 7.05 Å². The number of carboxylic acid groups (broad SMARTS) is 1. The first-order valence-electron chi connectivity index (χ1n) is 6.76. The molecule has 2 rings (SSSR count). The monoisotopic (exact) mass is 276 g/mol. The second kappa shape index (κ2) is 5.48. The number of carboxylic acids is 1. The van der Waals surface area contributed by atoms with Crippen LogP contribution in [0.2, 0.25) is 0 Å². The Morgan fingerprint density at radius 2 is 2.15 bits per heavy atom. The van der Waals surface area contributed by atoms with Crippen LogP contribution in [0, 0.1) is 5.92 Å². The number of fused-ring (bicyclic) bond motifs is 1. The number of aromatic nitrogens is 3. The van der Waals surface area contributed by atoms with Gasteiger partial charge in [0.1, 0.15) is 5.56 Å². The average molecular weight is 276 g/mol. The molecule has 0 aliphatic rings. The Bertz CT molecular complexity index is 635. The zero-order valence-corrected chi connectivity index (χ0v) is 12.2. The molecule has 0 radical (unpaired) electrons. The van der Waals surface area contributed by atoms with E-state index in [1.807, 2.05) is 0 Å². The van der Waals surface area contributed by atoms with Crippen LogP contribution in [-0.4, -0.2) is 31.9 Å². The van der Waals surface area contributed by atoms with E-state index >= 15 is 0 Å². The number of hydrogen-bond acceptors (Lipinski definition) is 4. The molecule has 108 valence electrons. The topological polar surface area (TPSA) is 80.0 Å². The smallest absolute Gasteiger partial charge is 0.339 e. The molecule has 2 unspecified atom stereocenters. The van der Waals surface area contributed by atoms with Crippen molar-refractivity contribution in [3.05, 3.63) is 18.0 Å². The first-order chi connectivity index (χ1) is 9.45. The highest BCUT2D eigenvalue weighted by Crippen LogP contribution is 2.27. The van der Waals surface area contributed by atoms with Gasteiger partial charge in [-0.3, -0.25) is 4.68 Å². The Morgan fingerprint density at radius 1 is 1.45 bits per heavy atom. The molecule has 6 nitrogen and oxygen atoms in total. The zero-order valence-electron chi connectivity index (χ0n) is 12.2. The predicted molar refractivity (Wildman–Crippen MR) is 78.0 cm³/mol. The Hall–Kier alpha value is -2.11. The van der Waals surface area contributed by atoms with Crippen LogP contribution >= 0.6 is 0 Å². The molecular weight excluding hydrogens is 256 g/mol. The Morgan fingerprint density at radius 3 is 2.75 bits per heavy atom. The van der Waals surface area contributed by atoms with E-state index < -0.39 is 5.97 Å². The summed E-state index contributed by atoms with van der Waals surface area (Å²) in [6.45, 7) is 6.31. The molecule has 0 saturated carbocycles. The van der Waals surface area contributed by atoms with Gasteiger partial charge in [-0.1, -0.05) is 20.3 Å². The first-order valence-corrected chi connectivity index (χ1v) is 6.76. The Balaban J connectivity index is 2.52. The summed E-state index contributed by atoms with van der Waals surface area (Å²) in [5.74, 6) is -0.543. The molecule has 20 heavy (non-hydrogen) atoms. The number of nitrogens with zero attached hydrogens (tertiary/aromatic N) is 3. The van der Waals surface area contributed by atoms with Gasteiger partial charge in [-0.05, 0) is 12.8 Å². The van der Waals surface area contributed by atoms with Crippen LogP contribution in [0.1, 0.15) is 37.6 Å². The first kappa shape index (κ1) is 14.3. The van der Waals surface area contributed by atoms with Gasteiger partial charge in [-0.2, -0.15) is 5.10 Å². The normalized spacial score (nSPS) is 14.2. The van der Waals surface area contributed by atoms with E-state index in [2.05, 4.69) is 36.2 Å². The van der Waals surface area contributed by atoms with E-state index in [0.29, 0.717) is 17.3 Å². The van der Waals surface area contributed by atoms with Gasteiger partial charge in [0.2, 0.25) is 0 Å². The predicted octanol–water partition coefficient (Wildman–Crippen LogP) is 2.51. The van der Waals surface area contributed by atoms with E-state index in [1.165, 1.54) is 6.20 Å². The third kappa shape index (κ3) is 2.45. The minimum atomic E-state index is -0.984. The summed E-state index contributed by atoms with van der Waals surface area (Å²) < 4.78 is 1.64. The summed E-state index contributed by atoms with van der Waals surface area (Å²) in [7, 11) is 1.79. The fourth-order valence-corrected chi connectivity index (χ4v) is 2.14. The van der Waals surface area contributed by atoms with Crippen molar-refractivity contribution in [3.8, 4) is 0 Å². The van der Waals surface area contributed by atoms with Gasteiger partial charge in [-0.15, -0.1) is 0 Å². The average Bonchev–Trinajstić information content (AvgIpc) is 2.80. The third-order valence-electron chi connectivity index (χ3n) is 3.86. The second-order valence-electron chi connectivity index (χ2n) is 5.18. The molecule has 0 aliphatic heterocycles. The van der Waals surface area contributed by atoms with Crippen LogP contribution < -0.4 is 5.32 Å². The summed E-state index contributed by atoms with van der Waals surface area (Å²) in [5, 5.41) is 17.5. The minimum absolute atomic E-state index is 0.170. The maximum atomic E-state index is 11.4. The molecule has 0 amide bonds. The van der Waals surface area contributed by atoms with Crippen LogP contribution in [0.4, 0.5) is 5.69 Å². The highest BCUT2D eigenvalue weighted by molar-refractivity contribution is 6.03. The van der Waals surface area contributed by atoms with Crippen molar-refractivity contribution in [2.75, 3.05) is 5.32 Å². The van der Waals surface area contributed by atoms with Gasteiger partial charge in [-0.25, -0.2) is 9.78 Å². The molecule has 2 heterocycles. The number of carbonyl (C=O) groups is 1. The SMILES string of the molecule is CCC(C)C(C)Nc1c(C(=O)O)cnc2c1cnn2C. The molecule has 0 fully saturated rings. The summed E-state index contributed by atoms with van der Waals surface area (Å²) in [5.41, 5.74) is 1.46. The molecule has 2 aromatic heterocycles. The summed E-state index contributed by atoms with van der Waals surface area (Å²) in [4.78, 5) is 15.6. The van der Waals surface area contributed by atoms with Gasteiger partial charge >= 0.3 is 5.97 Å². The fourth-order valence-electron chi connectivity index (χ4n) is 2.14. The molecule has 2 N–H and O–H groups in total. The maximum Gasteiger partial charge on any atom is 0.339 e. The molecule has 0 aromatic carbocycles. The molecule has 0 saturated heterocycles. The van der Waals surface area contributed by atoms with Gasteiger partial charge in [0.15, 0.2) is 5.65 Å². The summed E-state index contributed by atoms with van der Waals surface area (Å²) in [6.07, 6.45) is 4.07. The van der Waals surface area contributed by atoms with E-state index in [9.17, 15) is 9.90 Å². The highest BCUT2D eigenvalue weighted by atomic mass is 16.4. The van der Waals surface area contributed by atoms with Gasteiger partial charge < -0.3 is 10.4 Å². The number of aromatic carboxylic acids is 1. The van der Waals surface area contributed by atoms with Gasteiger partial charge in [0, 0.05) is 19.3 Å². The van der Waals surface area contributed by atoms with E-state index in [4.69, 9.17) is 0 Å². The molecular formula is C14H20N4O2. The van der Waals surface area contributed by atoms with Gasteiger partial charge in [0.05, 0.1) is 17.3 Å². The van der Waals surface area contributed by atoms with E-state index in [1.54, 1.807) is 17.9 Å². The highest BCUT2D eigenvalue weighted by Gasteiger charge is 2.19. The maximum absolute atomic E-state index is 11.4. The molecule has 2 atom stereocenters. The van der Waals surface area contributed by atoms with Crippen molar-refractivity contribution < 1.29 is 9.90 Å². The summed E-state index contributed by atoms with van der Waals surface area (Å²) >= 11 is 0. The van der Waals surface area contributed by atoms with Crippen molar-refractivity contribution in [2.45, 2.75) is 33.2 Å². The van der Waals surface area contributed by atoms with Crippen LogP contribution in [0.15, 0.2) is 12.4 Å². The van der Waals surface area contributed by atoms with Crippen molar-refractivity contribution in [1.82, 2.24) is 14.8 Å². The van der Waals surface area contributed by atoms with Crippen molar-refractivity contribution in [3.63, 3.8) is 0 Å². The Labute approximate surface area is 117 Å². The minimum Gasteiger partial charge on any atom is -0.478 e. The largest absolute Gasteiger partial charge is 0.478 e. The lowest BCUT2D eigenvalue weighted by atomic mass is 10.00. The lowest BCUT2D eigenvalue weighted by molar-refractivity contribution is 0.0697. The molecule has 0 spiro atoms. The molecule has 2 aromatic rings. The van der Waals surface area contributed by atoms with Crippen molar-refractivity contribution >= 4 is 22.7 Å². The number of nitrogens with one attached hydrogen (secondary N) is 1.